The number of thiazole rings is 1. The number of carbonyl (C=O) groups excluding carboxylic acids is 2. The minimum absolute atomic E-state index is 0.00972. The predicted molar refractivity (Wildman–Crippen MR) is 101 cm³/mol. The Morgan fingerprint density at radius 3 is 2.85 bits per heavy atom. The van der Waals surface area contributed by atoms with Gasteiger partial charge in [-0.1, -0.05) is 30.3 Å². The Morgan fingerprint density at radius 2 is 2.15 bits per heavy atom. The number of aromatic nitrogens is 1. The summed E-state index contributed by atoms with van der Waals surface area (Å²) < 4.78 is 5.14. The molecule has 26 heavy (non-hydrogen) atoms. The molecule has 1 saturated heterocycles. The Bertz CT molecular complexity index is 747. The molecule has 0 radical (unpaired) electrons. The summed E-state index contributed by atoms with van der Waals surface area (Å²) >= 11 is 1.42. The van der Waals surface area contributed by atoms with Gasteiger partial charge < -0.3 is 9.64 Å². The van der Waals surface area contributed by atoms with Gasteiger partial charge in [-0.3, -0.25) is 14.5 Å². The van der Waals surface area contributed by atoms with E-state index in [1.165, 1.54) is 11.3 Å². The van der Waals surface area contributed by atoms with E-state index < -0.39 is 0 Å². The zero-order chi connectivity index (χ0) is 18.4. The fourth-order valence-electron chi connectivity index (χ4n) is 2.92. The molecule has 0 spiro atoms. The van der Waals surface area contributed by atoms with Crippen LogP contribution in [0.15, 0.2) is 35.7 Å². The topological polar surface area (TPSA) is 62.7 Å². The molecule has 2 heterocycles. The molecule has 0 N–H and O–H groups in total. The third kappa shape index (κ3) is 4.68. The summed E-state index contributed by atoms with van der Waals surface area (Å²) in [4.78, 5) is 32.6. The number of anilines is 1. The zero-order valence-corrected chi connectivity index (χ0v) is 15.7. The largest absolute Gasteiger partial charge is 0.383 e. The highest BCUT2D eigenvalue weighted by molar-refractivity contribution is 7.14. The number of hydrogen-bond donors (Lipinski definition) is 0. The van der Waals surface area contributed by atoms with Crippen molar-refractivity contribution in [2.75, 3.05) is 31.7 Å². The summed E-state index contributed by atoms with van der Waals surface area (Å²) in [7, 11) is 1.63. The van der Waals surface area contributed by atoms with Crippen molar-refractivity contribution in [2.45, 2.75) is 25.8 Å². The molecular weight excluding hydrogens is 350 g/mol. The number of rotatable bonds is 8. The van der Waals surface area contributed by atoms with Crippen molar-refractivity contribution in [1.29, 1.82) is 0 Å². The molecule has 0 unspecified atom stereocenters. The van der Waals surface area contributed by atoms with Crippen LogP contribution in [-0.2, 0) is 27.3 Å². The Labute approximate surface area is 157 Å². The maximum absolute atomic E-state index is 12.8. The highest BCUT2D eigenvalue weighted by atomic mass is 32.1. The molecule has 2 aromatic rings. The van der Waals surface area contributed by atoms with Gasteiger partial charge in [-0.15, -0.1) is 11.3 Å². The van der Waals surface area contributed by atoms with E-state index in [2.05, 4.69) is 4.98 Å². The first-order chi connectivity index (χ1) is 12.7. The lowest BCUT2D eigenvalue weighted by molar-refractivity contribution is -0.131. The zero-order valence-electron chi connectivity index (χ0n) is 14.9. The van der Waals surface area contributed by atoms with Crippen LogP contribution in [0.25, 0.3) is 0 Å². The van der Waals surface area contributed by atoms with Gasteiger partial charge >= 0.3 is 0 Å². The maximum atomic E-state index is 12.8. The summed E-state index contributed by atoms with van der Waals surface area (Å²) in [6.45, 7) is 2.29. The molecule has 6 nitrogen and oxygen atoms in total. The normalized spacial score (nSPS) is 14.0. The van der Waals surface area contributed by atoms with Crippen LogP contribution >= 0.6 is 11.3 Å². The molecule has 1 aromatic carbocycles. The van der Waals surface area contributed by atoms with Gasteiger partial charge in [0.1, 0.15) is 0 Å². The van der Waals surface area contributed by atoms with Crippen molar-refractivity contribution in [3.8, 4) is 0 Å². The van der Waals surface area contributed by atoms with Crippen LogP contribution in [0.1, 0.15) is 24.1 Å². The molecule has 0 saturated carbocycles. The number of hydrogen-bond acceptors (Lipinski definition) is 5. The van der Waals surface area contributed by atoms with E-state index in [0.717, 1.165) is 12.0 Å². The second-order valence-electron chi connectivity index (χ2n) is 6.24. The maximum Gasteiger partial charge on any atom is 0.229 e. The van der Waals surface area contributed by atoms with E-state index in [9.17, 15) is 9.59 Å². The number of ether oxygens (including phenoxy) is 1. The fourth-order valence-corrected chi connectivity index (χ4v) is 3.78. The number of amides is 2. The number of benzene rings is 1. The van der Waals surface area contributed by atoms with Crippen molar-refractivity contribution >= 4 is 28.3 Å². The van der Waals surface area contributed by atoms with Crippen molar-refractivity contribution in [3.05, 3.63) is 47.0 Å². The molecule has 3 rings (SSSR count). The first kappa shape index (κ1) is 18.5. The van der Waals surface area contributed by atoms with E-state index in [1.807, 2.05) is 35.7 Å². The average molecular weight is 373 g/mol. The van der Waals surface area contributed by atoms with Crippen LogP contribution in [0.5, 0.6) is 0 Å². The van der Waals surface area contributed by atoms with E-state index >= 15 is 0 Å². The Balaban J connectivity index is 1.65. The summed E-state index contributed by atoms with van der Waals surface area (Å²) in [5.41, 5.74) is 1.80. The fraction of sp³-hybridized carbons (Fsp3) is 0.421. The molecule has 7 heteroatoms. The van der Waals surface area contributed by atoms with Crippen molar-refractivity contribution in [3.63, 3.8) is 0 Å². The Kier molecular flexibility index (Phi) is 6.35. The lowest BCUT2D eigenvalue weighted by Gasteiger charge is -2.22. The molecule has 138 valence electrons. The first-order valence-electron chi connectivity index (χ1n) is 8.73. The smallest absolute Gasteiger partial charge is 0.229 e. The molecule has 0 aliphatic carbocycles. The molecule has 1 aromatic heterocycles. The summed E-state index contributed by atoms with van der Waals surface area (Å²) in [5.74, 6) is 0.124. The van der Waals surface area contributed by atoms with Gasteiger partial charge in [0.05, 0.1) is 18.7 Å². The van der Waals surface area contributed by atoms with Crippen molar-refractivity contribution in [1.82, 2.24) is 9.88 Å². The number of carbonyl (C=O) groups is 2. The molecule has 0 bridgehead atoms. The molecule has 1 fully saturated rings. The number of methoxy groups -OCH3 is 1. The van der Waals surface area contributed by atoms with E-state index in [-0.39, 0.29) is 18.2 Å². The van der Waals surface area contributed by atoms with Crippen molar-refractivity contribution in [2.24, 2.45) is 0 Å². The van der Waals surface area contributed by atoms with Crippen LogP contribution in [0.4, 0.5) is 5.13 Å². The molecule has 0 atom stereocenters. The molecular formula is C19H23N3O3S. The Hall–Kier alpha value is -2.25. The monoisotopic (exact) mass is 373 g/mol. The van der Waals surface area contributed by atoms with Gasteiger partial charge in [0.25, 0.3) is 0 Å². The minimum Gasteiger partial charge on any atom is -0.383 e. The van der Waals surface area contributed by atoms with E-state index in [0.29, 0.717) is 43.5 Å². The predicted octanol–water partition coefficient (Wildman–Crippen LogP) is 2.49. The summed E-state index contributed by atoms with van der Waals surface area (Å²) in [6, 6.07) is 9.91. The standard InChI is InChI=1S/C19H23N3O3S/c1-25-11-10-21(13-15-6-3-2-4-7-15)18(24)12-16-14-26-19(20-16)22-9-5-8-17(22)23/h2-4,6-7,14H,5,8-13H2,1H3. The third-order valence-corrected chi connectivity index (χ3v) is 5.22. The van der Waals surface area contributed by atoms with Crippen molar-refractivity contribution < 1.29 is 14.3 Å². The number of nitrogens with zero attached hydrogens (tertiary/aromatic N) is 3. The van der Waals surface area contributed by atoms with Crippen LogP contribution in [0.3, 0.4) is 0 Å². The lowest BCUT2D eigenvalue weighted by Crippen LogP contribution is -2.34. The Morgan fingerprint density at radius 1 is 1.35 bits per heavy atom. The van der Waals surface area contributed by atoms with Crippen LogP contribution < -0.4 is 4.90 Å². The van der Waals surface area contributed by atoms with Gasteiger partial charge in [0.15, 0.2) is 5.13 Å². The van der Waals surface area contributed by atoms with Gasteiger partial charge in [0, 0.05) is 38.5 Å². The summed E-state index contributed by atoms with van der Waals surface area (Å²) in [6.07, 6.45) is 1.68. The highest BCUT2D eigenvalue weighted by Crippen LogP contribution is 2.25. The quantitative estimate of drug-likeness (QED) is 0.713. The minimum atomic E-state index is 0.00972. The van der Waals surface area contributed by atoms with E-state index in [1.54, 1.807) is 16.9 Å². The van der Waals surface area contributed by atoms with Crippen LogP contribution in [0, 0.1) is 0 Å². The molecule has 1 aliphatic rings. The SMILES string of the molecule is COCCN(Cc1ccccc1)C(=O)Cc1csc(N2CCCC2=O)n1. The third-order valence-electron chi connectivity index (χ3n) is 4.31. The van der Waals surface area contributed by atoms with Gasteiger partial charge in [-0.05, 0) is 12.0 Å². The highest BCUT2D eigenvalue weighted by Gasteiger charge is 2.25. The van der Waals surface area contributed by atoms with Crippen LogP contribution in [-0.4, -0.2) is 48.5 Å². The first-order valence-corrected chi connectivity index (χ1v) is 9.60. The van der Waals surface area contributed by atoms with Crippen LogP contribution in [0.2, 0.25) is 0 Å². The van der Waals surface area contributed by atoms with Gasteiger partial charge in [-0.25, -0.2) is 4.98 Å². The molecule has 2 amide bonds. The molecule has 1 aliphatic heterocycles. The second kappa shape index (κ2) is 8.91. The van der Waals surface area contributed by atoms with Gasteiger partial charge in [0.2, 0.25) is 11.8 Å². The second-order valence-corrected chi connectivity index (χ2v) is 7.08. The van der Waals surface area contributed by atoms with E-state index in [4.69, 9.17) is 4.74 Å². The summed E-state index contributed by atoms with van der Waals surface area (Å²) in [5, 5.41) is 2.57. The average Bonchev–Trinajstić information content (AvgIpc) is 3.28. The van der Waals surface area contributed by atoms with Gasteiger partial charge in [-0.2, -0.15) is 0 Å². The lowest BCUT2D eigenvalue weighted by atomic mass is 10.2.